The van der Waals surface area contributed by atoms with Crippen LogP contribution in [-0.2, 0) is 4.79 Å². The fourth-order valence-electron chi connectivity index (χ4n) is 2.00. The summed E-state index contributed by atoms with van der Waals surface area (Å²) in [4.78, 5) is 12.8. The molecule has 0 aliphatic carbocycles. The summed E-state index contributed by atoms with van der Waals surface area (Å²) in [5.74, 6) is 0.188. The van der Waals surface area contributed by atoms with E-state index >= 15 is 0 Å². The molecule has 0 fully saturated rings. The van der Waals surface area contributed by atoms with Gasteiger partial charge in [0.15, 0.2) is 0 Å². The van der Waals surface area contributed by atoms with Crippen LogP contribution in [0.1, 0.15) is 45.4 Å². The second kappa shape index (κ2) is 6.45. The van der Waals surface area contributed by atoms with Gasteiger partial charge in [0.1, 0.15) is 5.76 Å². The molecule has 0 radical (unpaired) electrons. The van der Waals surface area contributed by atoms with E-state index in [2.05, 4.69) is 25.7 Å². The van der Waals surface area contributed by atoms with Crippen molar-refractivity contribution in [2.24, 2.45) is 0 Å². The summed E-state index contributed by atoms with van der Waals surface area (Å²) in [7, 11) is 0. The van der Waals surface area contributed by atoms with Crippen LogP contribution in [0.4, 0.5) is 0 Å². The van der Waals surface area contributed by atoms with Gasteiger partial charge in [0.2, 0.25) is 0 Å². The Morgan fingerprint density at radius 3 is 2.65 bits per heavy atom. The lowest BCUT2D eigenvalue weighted by Gasteiger charge is -2.31. The molecule has 1 rings (SSSR count). The molecule has 0 aliphatic rings. The molecule has 1 atom stereocenters. The number of aliphatic carboxylic acids is 1. The third kappa shape index (κ3) is 4.23. The van der Waals surface area contributed by atoms with Crippen molar-refractivity contribution in [1.29, 1.82) is 0 Å². The van der Waals surface area contributed by atoms with Crippen LogP contribution in [0, 0.1) is 0 Å². The molecule has 1 N–H and O–H groups in total. The van der Waals surface area contributed by atoms with E-state index in [0.717, 1.165) is 12.3 Å². The lowest BCUT2D eigenvalue weighted by molar-refractivity contribution is -0.137. The van der Waals surface area contributed by atoms with Gasteiger partial charge in [-0.25, -0.2) is 0 Å². The maximum absolute atomic E-state index is 10.5. The molecule has 4 heteroatoms. The van der Waals surface area contributed by atoms with Crippen LogP contribution in [0.2, 0.25) is 0 Å². The van der Waals surface area contributed by atoms with Gasteiger partial charge in [0.25, 0.3) is 0 Å². The van der Waals surface area contributed by atoms with Gasteiger partial charge in [-0.3, -0.25) is 9.69 Å². The van der Waals surface area contributed by atoms with E-state index < -0.39 is 5.97 Å². The first-order chi connectivity index (χ1) is 8.02. The predicted molar refractivity (Wildman–Crippen MR) is 65.8 cm³/mol. The molecule has 1 aromatic rings. The highest BCUT2D eigenvalue weighted by atomic mass is 16.4. The first-order valence-electron chi connectivity index (χ1n) is 6.03. The highest BCUT2D eigenvalue weighted by Crippen LogP contribution is 2.23. The van der Waals surface area contributed by atoms with Crippen LogP contribution in [0.5, 0.6) is 0 Å². The van der Waals surface area contributed by atoms with Crippen molar-refractivity contribution in [2.45, 2.75) is 45.7 Å². The van der Waals surface area contributed by atoms with Gasteiger partial charge in [0, 0.05) is 12.5 Å². The van der Waals surface area contributed by atoms with Crippen molar-refractivity contribution in [1.82, 2.24) is 4.90 Å². The predicted octanol–water partition coefficient (Wildman–Crippen LogP) is 2.92. The molecule has 0 spiro atoms. The molecule has 0 amide bonds. The van der Waals surface area contributed by atoms with Crippen molar-refractivity contribution in [3.63, 3.8) is 0 Å². The molecule has 17 heavy (non-hydrogen) atoms. The molecule has 0 bridgehead atoms. The van der Waals surface area contributed by atoms with Gasteiger partial charge >= 0.3 is 5.97 Å². The Morgan fingerprint density at radius 1 is 1.47 bits per heavy atom. The number of rotatable bonds is 7. The number of furan rings is 1. The fraction of sp³-hybridized carbons (Fsp3) is 0.615. The van der Waals surface area contributed by atoms with E-state index in [0.29, 0.717) is 12.5 Å². The maximum Gasteiger partial charge on any atom is 0.303 e. The molecule has 1 unspecified atom stereocenters. The summed E-state index contributed by atoms with van der Waals surface area (Å²) in [5, 5.41) is 8.65. The third-order valence-electron chi connectivity index (χ3n) is 2.92. The zero-order valence-electron chi connectivity index (χ0n) is 10.7. The zero-order chi connectivity index (χ0) is 12.8. The van der Waals surface area contributed by atoms with Crippen LogP contribution in [0.25, 0.3) is 0 Å². The quantitative estimate of drug-likeness (QED) is 0.794. The number of carboxylic acid groups (broad SMARTS) is 1. The van der Waals surface area contributed by atoms with E-state index in [1.165, 1.54) is 0 Å². The van der Waals surface area contributed by atoms with Crippen LogP contribution in [-0.4, -0.2) is 28.6 Å². The molecule has 0 aliphatic heterocycles. The molecule has 0 aromatic carbocycles. The van der Waals surface area contributed by atoms with Crippen molar-refractivity contribution in [3.05, 3.63) is 24.2 Å². The summed E-state index contributed by atoms with van der Waals surface area (Å²) in [6.07, 6.45) is 2.55. The summed E-state index contributed by atoms with van der Waals surface area (Å²) in [6.45, 7) is 7.08. The first kappa shape index (κ1) is 13.8. The van der Waals surface area contributed by atoms with Crippen molar-refractivity contribution in [2.75, 3.05) is 6.54 Å². The number of hydrogen-bond acceptors (Lipinski definition) is 3. The Kier molecular flexibility index (Phi) is 5.22. The summed E-state index contributed by atoms with van der Waals surface area (Å²) >= 11 is 0. The average Bonchev–Trinajstić information content (AvgIpc) is 2.75. The number of nitrogens with zero attached hydrogens (tertiary/aromatic N) is 1. The summed E-state index contributed by atoms with van der Waals surface area (Å²) in [6, 6.07) is 4.38. The first-order valence-corrected chi connectivity index (χ1v) is 6.03. The van der Waals surface area contributed by atoms with Gasteiger partial charge in [-0.1, -0.05) is 0 Å². The van der Waals surface area contributed by atoms with Gasteiger partial charge in [0.05, 0.1) is 12.3 Å². The van der Waals surface area contributed by atoms with Gasteiger partial charge in [-0.2, -0.15) is 0 Å². The Balaban J connectivity index is 2.56. The van der Waals surface area contributed by atoms with Crippen LogP contribution >= 0.6 is 0 Å². The van der Waals surface area contributed by atoms with E-state index in [9.17, 15) is 4.79 Å². The average molecular weight is 239 g/mol. The van der Waals surface area contributed by atoms with Gasteiger partial charge in [-0.15, -0.1) is 0 Å². The topological polar surface area (TPSA) is 53.7 Å². The normalized spacial score (nSPS) is 13.2. The maximum atomic E-state index is 10.5. The van der Waals surface area contributed by atoms with Crippen LogP contribution in [0.15, 0.2) is 22.8 Å². The van der Waals surface area contributed by atoms with Crippen molar-refractivity contribution >= 4 is 5.97 Å². The molecular formula is C13H21NO3. The number of carbonyl (C=O) groups is 1. The summed E-state index contributed by atoms with van der Waals surface area (Å²) in [5.41, 5.74) is 0. The second-order valence-electron chi connectivity index (χ2n) is 4.52. The Bertz CT molecular complexity index is 332. The molecule has 0 saturated carbocycles. The van der Waals surface area contributed by atoms with Crippen LogP contribution < -0.4 is 0 Å². The monoisotopic (exact) mass is 239 g/mol. The molecule has 4 nitrogen and oxygen atoms in total. The van der Waals surface area contributed by atoms with E-state index in [4.69, 9.17) is 9.52 Å². The number of hydrogen-bond donors (Lipinski definition) is 1. The molecule has 96 valence electrons. The highest BCUT2D eigenvalue weighted by Gasteiger charge is 2.20. The fourth-order valence-corrected chi connectivity index (χ4v) is 2.00. The van der Waals surface area contributed by atoms with E-state index in [-0.39, 0.29) is 12.5 Å². The third-order valence-corrected chi connectivity index (χ3v) is 2.92. The SMILES string of the molecule is CC(C)N(CCCC(=O)O)C(C)c1ccco1. The molecule has 1 heterocycles. The van der Waals surface area contributed by atoms with Crippen molar-refractivity contribution < 1.29 is 14.3 Å². The van der Waals surface area contributed by atoms with Crippen molar-refractivity contribution in [3.8, 4) is 0 Å². The molecule has 0 saturated heterocycles. The zero-order valence-corrected chi connectivity index (χ0v) is 10.7. The standard InChI is InChI=1S/C13H21NO3/c1-10(2)14(8-4-7-13(15)16)11(3)12-6-5-9-17-12/h5-6,9-11H,4,7-8H2,1-3H3,(H,15,16). The lowest BCUT2D eigenvalue weighted by Crippen LogP contribution is -2.34. The van der Waals surface area contributed by atoms with Gasteiger partial charge < -0.3 is 9.52 Å². The minimum absolute atomic E-state index is 0.179. The van der Waals surface area contributed by atoms with E-state index in [1.807, 2.05) is 12.1 Å². The Morgan fingerprint density at radius 2 is 2.18 bits per heavy atom. The Labute approximate surface area is 102 Å². The minimum Gasteiger partial charge on any atom is -0.481 e. The smallest absolute Gasteiger partial charge is 0.303 e. The molecule has 1 aromatic heterocycles. The number of carboxylic acids is 1. The highest BCUT2D eigenvalue weighted by molar-refractivity contribution is 5.66. The second-order valence-corrected chi connectivity index (χ2v) is 4.52. The lowest BCUT2D eigenvalue weighted by atomic mass is 10.1. The van der Waals surface area contributed by atoms with Crippen LogP contribution in [0.3, 0.4) is 0 Å². The van der Waals surface area contributed by atoms with E-state index in [1.54, 1.807) is 6.26 Å². The largest absolute Gasteiger partial charge is 0.481 e. The summed E-state index contributed by atoms with van der Waals surface area (Å²) < 4.78 is 5.40. The Hall–Kier alpha value is -1.29. The molecular weight excluding hydrogens is 218 g/mol. The minimum atomic E-state index is -0.737. The van der Waals surface area contributed by atoms with Gasteiger partial charge in [-0.05, 0) is 45.9 Å².